The van der Waals surface area contributed by atoms with Crippen molar-refractivity contribution in [3.8, 4) is 11.5 Å². The van der Waals surface area contributed by atoms with Crippen LogP contribution in [0.5, 0.6) is 11.5 Å². The van der Waals surface area contributed by atoms with Crippen molar-refractivity contribution >= 4 is 45.7 Å². The van der Waals surface area contributed by atoms with Crippen LogP contribution in [0.25, 0.3) is 5.76 Å². The van der Waals surface area contributed by atoms with Crippen LogP contribution in [0.2, 0.25) is 0 Å². The zero-order valence-corrected chi connectivity index (χ0v) is 25.7. The summed E-state index contributed by atoms with van der Waals surface area (Å²) in [6.07, 6.45) is 1.55. The average Bonchev–Trinajstić information content (AvgIpc) is 3.70. The van der Waals surface area contributed by atoms with Gasteiger partial charge in [0.05, 0.1) is 18.2 Å². The van der Waals surface area contributed by atoms with E-state index in [2.05, 4.69) is 34.5 Å². The number of aromatic nitrogens is 2. The maximum atomic E-state index is 13.7. The molecular formula is C33H31N3O5S2. The fourth-order valence-corrected chi connectivity index (χ4v) is 7.08. The summed E-state index contributed by atoms with van der Waals surface area (Å²) in [7, 11) is 0. The number of hydrogen-bond donors (Lipinski definition) is 1. The topological polar surface area (TPSA) is 102 Å². The molecule has 0 saturated carbocycles. The summed E-state index contributed by atoms with van der Waals surface area (Å²) < 4.78 is 12.4. The summed E-state index contributed by atoms with van der Waals surface area (Å²) in [5, 5.41) is 20.6. The van der Waals surface area contributed by atoms with Crippen molar-refractivity contribution in [3.63, 3.8) is 0 Å². The number of thioether (sulfide) groups is 1. The molecule has 0 spiro atoms. The summed E-state index contributed by atoms with van der Waals surface area (Å²) in [5.74, 6) is 0.264. The summed E-state index contributed by atoms with van der Waals surface area (Å²) in [6.45, 7) is 6.57. The van der Waals surface area contributed by atoms with Crippen LogP contribution < -0.4 is 14.4 Å². The number of fused-ring (bicyclic) bond motifs is 1. The van der Waals surface area contributed by atoms with Gasteiger partial charge >= 0.3 is 5.91 Å². The van der Waals surface area contributed by atoms with Gasteiger partial charge in [-0.1, -0.05) is 72.0 Å². The van der Waals surface area contributed by atoms with Crippen molar-refractivity contribution < 1.29 is 24.2 Å². The Balaban J connectivity index is 1.39. The number of rotatable bonds is 9. The van der Waals surface area contributed by atoms with E-state index >= 15 is 0 Å². The van der Waals surface area contributed by atoms with Crippen molar-refractivity contribution in [1.29, 1.82) is 0 Å². The van der Waals surface area contributed by atoms with Crippen LogP contribution in [0.1, 0.15) is 54.1 Å². The van der Waals surface area contributed by atoms with E-state index in [1.807, 2.05) is 45.0 Å². The van der Waals surface area contributed by atoms with Crippen molar-refractivity contribution in [2.75, 3.05) is 11.5 Å². The number of aliphatic hydroxyl groups is 1. The molecule has 1 N–H and O–H groups in total. The molecule has 1 aromatic heterocycles. The van der Waals surface area contributed by atoms with Crippen LogP contribution >= 0.6 is 23.1 Å². The SMILES string of the molecule is CCCOc1cccc([C@H]2C(=C(O)c3ccc4c(c3)C[C@@H](C)O4)C(=O)C(=O)N2c2nnc(SCc3ccc(C)cc3)s2)c1. The molecular weight excluding hydrogens is 583 g/mol. The normalized spacial score (nSPS) is 19.0. The number of hydrogen-bond acceptors (Lipinski definition) is 9. The minimum absolute atomic E-state index is 0.00591. The number of nitrogens with zero attached hydrogens (tertiary/aromatic N) is 3. The summed E-state index contributed by atoms with van der Waals surface area (Å²) in [5.41, 5.74) is 4.34. The number of aliphatic hydroxyl groups excluding tert-OH is 1. The Labute approximate surface area is 258 Å². The molecule has 0 unspecified atom stereocenters. The second-order valence-corrected chi connectivity index (χ2v) is 12.8. The lowest BCUT2D eigenvalue weighted by atomic mass is 9.94. The van der Waals surface area contributed by atoms with Crippen LogP contribution in [0.3, 0.4) is 0 Å². The predicted molar refractivity (Wildman–Crippen MR) is 168 cm³/mol. The Bertz CT molecular complexity index is 1720. The first-order valence-electron chi connectivity index (χ1n) is 14.2. The second kappa shape index (κ2) is 12.2. The molecule has 3 aromatic carbocycles. The van der Waals surface area contributed by atoms with E-state index in [-0.39, 0.29) is 22.6 Å². The molecule has 2 atom stereocenters. The van der Waals surface area contributed by atoms with Crippen LogP contribution in [0, 0.1) is 6.92 Å². The standard InChI is InChI=1S/C33H31N3O5S2/c1-4-14-40-25-7-5-6-22(17-25)28-27(29(37)23-12-13-26-24(16-23)15-20(3)41-26)30(38)31(39)36(28)32-34-35-33(43-32)42-18-21-10-8-19(2)9-11-21/h5-13,16-17,20,28,37H,4,14-15,18H2,1-3H3/t20-,28+/m1/s1. The maximum absolute atomic E-state index is 13.7. The Morgan fingerprint density at radius 3 is 2.72 bits per heavy atom. The van der Waals surface area contributed by atoms with Crippen molar-refractivity contribution in [3.05, 3.63) is 100 Å². The molecule has 6 rings (SSSR count). The number of carbonyl (C=O) groups is 2. The lowest BCUT2D eigenvalue weighted by Gasteiger charge is -2.23. The van der Waals surface area contributed by atoms with Gasteiger partial charge in [0.15, 0.2) is 4.34 Å². The van der Waals surface area contributed by atoms with Gasteiger partial charge in [0, 0.05) is 17.7 Å². The molecule has 2 aliphatic heterocycles. The maximum Gasteiger partial charge on any atom is 0.301 e. The zero-order valence-electron chi connectivity index (χ0n) is 24.1. The first-order valence-corrected chi connectivity index (χ1v) is 16.0. The largest absolute Gasteiger partial charge is 0.507 e. The number of carbonyl (C=O) groups excluding carboxylic acids is 2. The van der Waals surface area contributed by atoms with E-state index in [4.69, 9.17) is 9.47 Å². The number of ketones is 1. The Hall–Kier alpha value is -4.15. The van der Waals surface area contributed by atoms with E-state index < -0.39 is 17.7 Å². The number of ether oxygens (including phenoxy) is 2. The third kappa shape index (κ3) is 5.89. The quantitative estimate of drug-likeness (QED) is 0.0717. The Morgan fingerprint density at radius 1 is 1.12 bits per heavy atom. The van der Waals surface area contributed by atoms with Gasteiger partial charge in [0.2, 0.25) is 5.13 Å². The minimum Gasteiger partial charge on any atom is -0.507 e. The molecule has 43 heavy (non-hydrogen) atoms. The number of Topliss-reactive ketones (excluding diaryl/α,β-unsaturated/α-hetero) is 1. The van der Waals surface area contributed by atoms with Crippen LogP contribution in [-0.2, 0) is 21.8 Å². The fraction of sp³-hybridized carbons (Fsp3) is 0.273. The van der Waals surface area contributed by atoms with Crippen LogP contribution in [0.15, 0.2) is 76.6 Å². The van der Waals surface area contributed by atoms with Gasteiger partial charge in [-0.15, -0.1) is 10.2 Å². The highest BCUT2D eigenvalue weighted by Gasteiger charge is 2.48. The smallest absolute Gasteiger partial charge is 0.301 e. The average molecular weight is 614 g/mol. The number of anilines is 1. The molecule has 3 heterocycles. The minimum atomic E-state index is -0.920. The lowest BCUT2D eigenvalue weighted by Crippen LogP contribution is -2.29. The Morgan fingerprint density at radius 2 is 1.93 bits per heavy atom. The summed E-state index contributed by atoms with van der Waals surface area (Å²) in [4.78, 5) is 28.7. The van der Waals surface area contributed by atoms with E-state index in [9.17, 15) is 14.7 Å². The fourth-order valence-electron chi connectivity index (χ4n) is 5.25. The van der Waals surface area contributed by atoms with E-state index in [1.165, 1.54) is 33.6 Å². The zero-order chi connectivity index (χ0) is 30.1. The van der Waals surface area contributed by atoms with Gasteiger partial charge < -0.3 is 14.6 Å². The van der Waals surface area contributed by atoms with Crippen LogP contribution in [0.4, 0.5) is 5.13 Å². The van der Waals surface area contributed by atoms with Gasteiger partial charge in [-0.3, -0.25) is 14.5 Å². The van der Waals surface area contributed by atoms with Crippen LogP contribution in [-0.4, -0.2) is 39.7 Å². The van der Waals surface area contributed by atoms with Gasteiger partial charge in [0.1, 0.15) is 23.4 Å². The highest BCUT2D eigenvalue weighted by molar-refractivity contribution is 8.00. The molecule has 0 radical (unpaired) electrons. The molecule has 1 amide bonds. The highest BCUT2D eigenvalue weighted by atomic mass is 32.2. The molecule has 2 aliphatic rings. The summed E-state index contributed by atoms with van der Waals surface area (Å²) in [6, 6.07) is 20.0. The monoisotopic (exact) mass is 613 g/mol. The lowest BCUT2D eigenvalue weighted by molar-refractivity contribution is -0.132. The first kappa shape index (κ1) is 28.9. The number of aryl methyl sites for hydroxylation is 1. The molecule has 0 bridgehead atoms. The van der Waals surface area contributed by atoms with Crippen molar-refractivity contribution in [1.82, 2.24) is 10.2 Å². The van der Waals surface area contributed by atoms with Gasteiger partial charge in [0.25, 0.3) is 5.78 Å². The third-order valence-electron chi connectivity index (χ3n) is 7.35. The molecule has 4 aromatic rings. The van der Waals surface area contributed by atoms with Gasteiger partial charge in [-0.2, -0.15) is 0 Å². The third-order valence-corrected chi connectivity index (χ3v) is 9.47. The number of benzene rings is 3. The number of amides is 1. The molecule has 0 aliphatic carbocycles. The Kier molecular flexibility index (Phi) is 8.23. The second-order valence-electron chi connectivity index (χ2n) is 10.7. The first-order chi connectivity index (χ1) is 20.8. The molecule has 1 saturated heterocycles. The van der Waals surface area contributed by atoms with E-state index in [1.54, 1.807) is 18.2 Å². The predicted octanol–water partition coefficient (Wildman–Crippen LogP) is 6.88. The molecule has 8 nitrogen and oxygen atoms in total. The van der Waals surface area contributed by atoms with Gasteiger partial charge in [-0.05, 0) is 67.3 Å². The molecule has 1 fully saturated rings. The van der Waals surface area contributed by atoms with Crippen molar-refractivity contribution in [2.24, 2.45) is 0 Å². The van der Waals surface area contributed by atoms with E-state index in [0.717, 1.165) is 23.3 Å². The molecule has 220 valence electrons. The van der Waals surface area contributed by atoms with Gasteiger partial charge in [-0.25, -0.2) is 0 Å². The van der Waals surface area contributed by atoms with Crippen molar-refractivity contribution in [2.45, 2.75) is 55.9 Å². The highest BCUT2D eigenvalue weighted by Crippen LogP contribution is 2.45. The molecule has 10 heteroatoms. The summed E-state index contributed by atoms with van der Waals surface area (Å²) >= 11 is 2.76. The van der Waals surface area contributed by atoms with E-state index in [0.29, 0.717) is 40.0 Å².